The van der Waals surface area contributed by atoms with Crippen LogP contribution in [0.4, 0.5) is 10.5 Å². The summed E-state index contributed by atoms with van der Waals surface area (Å²) in [6.45, 7) is 3.28. The SMILES string of the molecule is Cc1cc2cc(NC(=O)C3CCN(C(=O)N(C)C)CC3)ccc2[nH]1. The second kappa shape index (κ2) is 6.55. The molecule has 0 aliphatic carbocycles. The molecule has 24 heavy (non-hydrogen) atoms. The number of rotatable bonds is 2. The van der Waals surface area contributed by atoms with Gasteiger partial charge in [0.15, 0.2) is 0 Å². The number of hydrogen-bond donors (Lipinski definition) is 2. The maximum absolute atomic E-state index is 12.5. The van der Waals surface area contributed by atoms with E-state index in [4.69, 9.17) is 0 Å². The largest absolute Gasteiger partial charge is 0.359 e. The standard InChI is InChI=1S/C18H24N4O2/c1-12-10-14-11-15(4-5-16(14)19-12)20-17(23)13-6-8-22(9-7-13)18(24)21(2)3/h4-5,10-11,13,19H,6-9H2,1-3H3,(H,20,23). The lowest BCUT2D eigenvalue weighted by molar-refractivity contribution is -0.121. The predicted octanol–water partition coefficient (Wildman–Crippen LogP) is 2.81. The molecule has 2 N–H and O–H groups in total. The normalized spacial score (nSPS) is 15.5. The molecule has 3 rings (SSSR count). The van der Waals surface area contributed by atoms with Gasteiger partial charge < -0.3 is 20.1 Å². The van der Waals surface area contributed by atoms with E-state index in [2.05, 4.69) is 16.4 Å². The highest BCUT2D eigenvalue weighted by molar-refractivity contribution is 5.95. The molecular weight excluding hydrogens is 304 g/mol. The first-order valence-corrected chi connectivity index (χ1v) is 8.30. The second-order valence-corrected chi connectivity index (χ2v) is 6.68. The van der Waals surface area contributed by atoms with Gasteiger partial charge in [0.25, 0.3) is 0 Å². The monoisotopic (exact) mass is 328 g/mol. The lowest BCUT2D eigenvalue weighted by atomic mass is 9.96. The molecule has 3 amide bonds. The Balaban J connectivity index is 1.60. The van der Waals surface area contributed by atoms with Crippen LogP contribution in [0.1, 0.15) is 18.5 Å². The third kappa shape index (κ3) is 3.37. The van der Waals surface area contributed by atoms with E-state index in [-0.39, 0.29) is 17.9 Å². The number of nitrogens with one attached hydrogen (secondary N) is 2. The van der Waals surface area contributed by atoms with Crippen molar-refractivity contribution in [2.24, 2.45) is 5.92 Å². The second-order valence-electron chi connectivity index (χ2n) is 6.68. The molecule has 0 spiro atoms. The molecule has 1 aromatic heterocycles. The summed E-state index contributed by atoms with van der Waals surface area (Å²) in [6.07, 6.45) is 1.41. The van der Waals surface area contributed by atoms with Gasteiger partial charge in [-0.25, -0.2) is 4.79 Å². The predicted molar refractivity (Wildman–Crippen MR) is 95.0 cm³/mol. The number of fused-ring (bicyclic) bond motifs is 1. The summed E-state index contributed by atoms with van der Waals surface area (Å²) in [5.41, 5.74) is 2.99. The van der Waals surface area contributed by atoms with Crippen molar-refractivity contribution in [1.82, 2.24) is 14.8 Å². The van der Waals surface area contributed by atoms with Crippen LogP contribution >= 0.6 is 0 Å². The van der Waals surface area contributed by atoms with Crippen LogP contribution in [0.5, 0.6) is 0 Å². The summed E-state index contributed by atoms with van der Waals surface area (Å²) in [5, 5.41) is 4.11. The van der Waals surface area contributed by atoms with Gasteiger partial charge in [-0.1, -0.05) is 0 Å². The van der Waals surface area contributed by atoms with Crippen molar-refractivity contribution in [3.8, 4) is 0 Å². The van der Waals surface area contributed by atoms with Gasteiger partial charge in [0.05, 0.1) is 0 Å². The zero-order valence-corrected chi connectivity index (χ0v) is 14.4. The van der Waals surface area contributed by atoms with Crippen LogP contribution < -0.4 is 5.32 Å². The summed E-state index contributed by atoms with van der Waals surface area (Å²) >= 11 is 0. The number of piperidine rings is 1. The van der Waals surface area contributed by atoms with Gasteiger partial charge in [-0.3, -0.25) is 4.79 Å². The highest BCUT2D eigenvalue weighted by Crippen LogP contribution is 2.23. The van der Waals surface area contributed by atoms with E-state index < -0.39 is 0 Å². The smallest absolute Gasteiger partial charge is 0.319 e. The molecule has 0 unspecified atom stereocenters. The van der Waals surface area contributed by atoms with Crippen LogP contribution in [0.15, 0.2) is 24.3 Å². The van der Waals surface area contributed by atoms with Gasteiger partial charge in [-0.15, -0.1) is 0 Å². The maximum Gasteiger partial charge on any atom is 0.319 e. The number of aryl methyl sites for hydroxylation is 1. The van der Waals surface area contributed by atoms with Gasteiger partial charge in [-0.2, -0.15) is 0 Å². The van der Waals surface area contributed by atoms with E-state index in [0.717, 1.165) is 22.3 Å². The number of likely N-dealkylation sites (tertiary alicyclic amines) is 1. The highest BCUT2D eigenvalue weighted by atomic mass is 16.2. The molecule has 0 saturated carbocycles. The summed E-state index contributed by atoms with van der Waals surface area (Å²) in [7, 11) is 3.50. The number of aromatic nitrogens is 1. The van der Waals surface area contributed by atoms with Crippen molar-refractivity contribution >= 4 is 28.5 Å². The summed E-state index contributed by atoms with van der Waals surface area (Å²) in [6, 6.07) is 7.97. The molecule has 2 aromatic rings. The van der Waals surface area contributed by atoms with Crippen molar-refractivity contribution in [3.63, 3.8) is 0 Å². The molecule has 6 heteroatoms. The lowest BCUT2D eigenvalue weighted by Crippen LogP contribution is -2.45. The topological polar surface area (TPSA) is 68.4 Å². The van der Waals surface area contributed by atoms with E-state index in [9.17, 15) is 9.59 Å². The van der Waals surface area contributed by atoms with E-state index in [1.807, 2.05) is 25.1 Å². The fourth-order valence-electron chi connectivity index (χ4n) is 3.22. The number of H-pyrrole nitrogens is 1. The minimum Gasteiger partial charge on any atom is -0.359 e. The first-order valence-electron chi connectivity index (χ1n) is 8.30. The zero-order chi connectivity index (χ0) is 17.3. The minimum absolute atomic E-state index is 0.0159. The van der Waals surface area contributed by atoms with Crippen molar-refractivity contribution in [1.29, 1.82) is 0 Å². The van der Waals surface area contributed by atoms with Gasteiger partial charge in [0.1, 0.15) is 0 Å². The first kappa shape index (κ1) is 16.4. The Hall–Kier alpha value is -2.50. The van der Waals surface area contributed by atoms with Crippen molar-refractivity contribution in [2.75, 3.05) is 32.5 Å². The van der Waals surface area contributed by atoms with Crippen LogP contribution in [0.25, 0.3) is 10.9 Å². The minimum atomic E-state index is -0.0418. The zero-order valence-electron chi connectivity index (χ0n) is 14.4. The Bertz CT molecular complexity index is 757. The molecule has 0 radical (unpaired) electrons. The molecule has 1 aliphatic heterocycles. The Kier molecular flexibility index (Phi) is 4.46. The Morgan fingerprint density at radius 2 is 1.92 bits per heavy atom. The fraction of sp³-hybridized carbons (Fsp3) is 0.444. The average molecular weight is 328 g/mol. The molecule has 128 valence electrons. The molecule has 0 atom stereocenters. The molecule has 1 aromatic carbocycles. The number of nitrogens with zero attached hydrogens (tertiary/aromatic N) is 2. The third-order valence-corrected chi connectivity index (χ3v) is 4.54. The summed E-state index contributed by atoms with van der Waals surface area (Å²) in [4.78, 5) is 31.1. The van der Waals surface area contributed by atoms with Gasteiger partial charge in [-0.05, 0) is 44.0 Å². The fourth-order valence-corrected chi connectivity index (χ4v) is 3.22. The van der Waals surface area contributed by atoms with E-state index >= 15 is 0 Å². The Labute approximate surface area is 141 Å². The van der Waals surface area contributed by atoms with Gasteiger partial charge in [0, 0.05) is 55.4 Å². The van der Waals surface area contributed by atoms with Crippen LogP contribution in [0.2, 0.25) is 0 Å². The van der Waals surface area contributed by atoms with Crippen LogP contribution in [0, 0.1) is 12.8 Å². The molecule has 1 fully saturated rings. The number of carbonyl (C=O) groups is 2. The Morgan fingerprint density at radius 1 is 1.21 bits per heavy atom. The number of carbonyl (C=O) groups excluding carboxylic acids is 2. The van der Waals surface area contributed by atoms with Crippen molar-refractivity contribution < 1.29 is 9.59 Å². The number of amides is 3. The van der Waals surface area contributed by atoms with Crippen LogP contribution in [-0.2, 0) is 4.79 Å². The van der Waals surface area contributed by atoms with Gasteiger partial charge >= 0.3 is 6.03 Å². The van der Waals surface area contributed by atoms with Crippen molar-refractivity contribution in [3.05, 3.63) is 30.0 Å². The van der Waals surface area contributed by atoms with E-state index in [1.165, 1.54) is 0 Å². The quantitative estimate of drug-likeness (QED) is 0.890. The number of hydrogen-bond acceptors (Lipinski definition) is 2. The lowest BCUT2D eigenvalue weighted by Gasteiger charge is -2.33. The number of urea groups is 1. The van der Waals surface area contributed by atoms with Crippen LogP contribution in [-0.4, -0.2) is 53.9 Å². The molecule has 6 nitrogen and oxygen atoms in total. The molecule has 2 heterocycles. The maximum atomic E-state index is 12.5. The number of anilines is 1. The Morgan fingerprint density at radius 3 is 2.58 bits per heavy atom. The molecule has 1 aliphatic rings. The molecular formula is C18H24N4O2. The summed E-state index contributed by atoms with van der Waals surface area (Å²) < 4.78 is 0. The molecule has 0 bridgehead atoms. The molecule has 1 saturated heterocycles. The first-order chi connectivity index (χ1) is 11.4. The van der Waals surface area contributed by atoms with Crippen molar-refractivity contribution in [2.45, 2.75) is 19.8 Å². The average Bonchev–Trinajstić information content (AvgIpc) is 2.93. The summed E-state index contributed by atoms with van der Waals surface area (Å²) in [5.74, 6) is -0.00145. The highest BCUT2D eigenvalue weighted by Gasteiger charge is 2.28. The van der Waals surface area contributed by atoms with E-state index in [0.29, 0.717) is 25.9 Å². The van der Waals surface area contributed by atoms with E-state index in [1.54, 1.807) is 23.9 Å². The number of aromatic amines is 1. The number of benzene rings is 1. The van der Waals surface area contributed by atoms with Gasteiger partial charge in [0.2, 0.25) is 5.91 Å². The van der Waals surface area contributed by atoms with Crippen LogP contribution in [0.3, 0.4) is 0 Å². The third-order valence-electron chi connectivity index (χ3n) is 4.54.